The van der Waals surface area contributed by atoms with E-state index < -0.39 is 11.9 Å². The Morgan fingerprint density at radius 1 is 1.33 bits per heavy atom. The summed E-state index contributed by atoms with van der Waals surface area (Å²) >= 11 is 0. The fraction of sp³-hybridized carbons (Fsp3) is 0.500. The molecule has 0 radical (unpaired) electrons. The van der Waals surface area contributed by atoms with Gasteiger partial charge in [0.25, 0.3) is 0 Å². The summed E-state index contributed by atoms with van der Waals surface area (Å²) in [5.74, 6) is -1.05. The van der Waals surface area contributed by atoms with Crippen molar-refractivity contribution >= 4 is 11.9 Å². The number of rotatable bonds is 6. The number of carbonyl (C=O) groups excluding carboxylic acids is 1. The standard InChI is InChI=1S/C16H21NO4/c1-10-3-4-11(9-14(10)21-2)7-8-17-15(18)12-5-6-13(12)16(19)20/h3-4,9,12-13H,5-8H2,1-2H3,(H,17,18)(H,19,20). The SMILES string of the molecule is COc1cc(CCNC(=O)C2CCC2C(=O)O)ccc1C. The van der Waals surface area contributed by atoms with Crippen LogP contribution in [0.3, 0.4) is 0 Å². The molecule has 0 saturated heterocycles. The van der Waals surface area contributed by atoms with Gasteiger partial charge < -0.3 is 15.2 Å². The summed E-state index contributed by atoms with van der Waals surface area (Å²) in [5, 5.41) is 11.8. The molecule has 2 rings (SSSR count). The van der Waals surface area contributed by atoms with Crippen LogP contribution in [-0.4, -0.2) is 30.6 Å². The van der Waals surface area contributed by atoms with Crippen LogP contribution in [0.2, 0.25) is 0 Å². The van der Waals surface area contributed by atoms with E-state index in [0.717, 1.165) is 16.9 Å². The van der Waals surface area contributed by atoms with Gasteiger partial charge in [-0.1, -0.05) is 12.1 Å². The second-order valence-corrected chi connectivity index (χ2v) is 5.47. The Hall–Kier alpha value is -2.04. The number of nitrogens with one attached hydrogen (secondary N) is 1. The van der Waals surface area contributed by atoms with Crippen molar-refractivity contribution in [3.63, 3.8) is 0 Å². The highest BCUT2D eigenvalue weighted by molar-refractivity contribution is 5.86. The Kier molecular flexibility index (Phi) is 4.83. The minimum Gasteiger partial charge on any atom is -0.496 e. The highest BCUT2D eigenvalue weighted by atomic mass is 16.5. The maximum Gasteiger partial charge on any atom is 0.307 e. The minimum atomic E-state index is -0.871. The van der Waals surface area contributed by atoms with Gasteiger partial charge in [-0.2, -0.15) is 0 Å². The average molecular weight is 291 g/mol. The van der Waals surface area contributed by atoms with Crippen molar-refractivity contribution in [3.05, 3.63) is 29.3 Å². The van der Waals surface area contributed by atoms with Gasteiger partial charge in [0.2, 0.25) is 5.91 Å². The topological polar surface area (TPSA) is 75.6 Å². The molecule has 1 aromatic rings. The van der Waals surface area contributed by atoms with Gasteiger partial charge in [0.1, 0.15) is 5.75 Å². The van der Waals surface area contributed by atoms with Crippen LogP contribution in [0.4, 0.5) is 0 Å². The predicted molar refractivity (Wildman–Crippen MR) is 78.3 cm³/mol. The van der Waals surface area contributed by atoms with Crippen LogP contribution in [0, 0.1) is 18.8 Å². The van der Waals surface area contributed by atoms with E-state index in [9.17, 15) is 9.59 Å². The number of carbonyl (C=O) groups is 2. The fourth-order valence-electron chi connectivity index (χ4n) is 2.59. The van der Waals surface area contributed by atoms with E-state index in [4.69, 9.17) is 9.84 Å². The molecule has 1 aromatic carbocycles. The normalized spacial score (nSPS) is 20.5. The van der Waals surface area contributed by atoms with Crippen LogP contribution in [-0.2, 0) is 16.0 Å². The molecular formula is C16H21NO4. The quantitative estimate of drug-likeness (QED) is 0.837. The molecule has 1 aliphatic rings. The van der Waals surface area contributed by atoms with Gasteiger partial charge in [0, 0.05) is 6.54 Å². The average Bonchev–Trinajstić information content (AvgIpc) is 2.38. The lowest BCUT2D eigenvalue weighted by Gasteiger charge is -2.31. The molecule has 1 aliphatic carbocycles. The monoisotopic (exact) mass is 291 g/mol. The first-order chi connectivity index (χ1) is 10.0. The van der Waals surface area contributed by atoms with E-state index in [2.05, 4.69) is 5.32 Å². The number of methoxy groups -OCH3 is 1. The van der Waals surface area contributed by atoms with Gasteiger partial charge in [-0.25, -0.2) is 0 Å². The Morgan fingerprint density at radius 3 is 2.62 bits per heavy atom. The van der Waals surface area contributed by atoms with Crippen molar-refractivity contribution in [1.82, 2.24) is 5.32 Å². The predicted octanol–water partition coefficient (Wildman–Crippen LogP) is 1.77. The molecular weight excluding hydrogens is 270 g/mol. The molecule has 2 N–H and O–H groups in total. The van der Waals surface area contributed by atoms with Gasteiger partial charge in [0.05, 0.1) is 18.9 Å². The third-order valence-electron chi connectivity index (χ3n) is 4.11. The lowest BCUT2D eigenvalue weighted by Crippen LogP contribution is -2.44. The van der Waals surface area contributed by atoms with Crippen LogP contribution in [0.15, 0.2) is 18.2 Å². The van der Waals surface area contributed by atoms with Crippen LogP contribution in [0.1, 0.15) is 24.0 Å². The number of hydrogen-bond acceptors (Lipinski definition) is 3. The van der Waals surface area contributed by atoms with Crippen LogP contribution >= 0.6 is 0 Å². The summed E-state index contributed by atoms with van der Waals surface area (Å²) < 4.78 is 5.27. The molecule has 5 nitrogen and oxygen atoms in total. The van der Waals surface area contributed by atoms with E-state index in [-0.39, 0.29) is 11.8 Å². The van der Waals surface area contributed by atoms with E-state index in [0.29, 0.717) is 25.8 Å². The number of carboxylic acids is 1. The summed E-state index contributed by atoms with van der Waals surface area (Å²) in [4.78, 5) is 22.8. The van der Waals surface area contributed by atoms with Gasteiger partial charge in [0.15, 0.2) is 0 Å². The van der Waals surface area contributed by atoms with Crippen molar-refractivity contribution in [3.8, 4) is 5.75 Å². The van der Waals surface area contributed by atoms with Crippen molar-refractivity contribution < 1.29 is 19.4 Å². The summed E-state index contributed by atoms with van der Waals surface area (Å²) in [6, 6.07) is 5.96. The number of amides is 1. The Bertz CT molecular complexity index is 541. The van der Waals surface area contributed by atoms with Gasteiger partial charge in [-0.05, 0) is 43.4 Å². The second kappa shape index (κ2) is 6.61. The lowest BCUT2D eigenvalue weighted by molar-refractivity contribution is -0.152. The van der Waals surface area contributed by atoms with Crippen LogP contribution < -0.4 is 10.1 Å². The van der Waals surface area contributed by atoms with Gasteiger partial charge >= 0.3 is 5.97 Å². The van der Waals surface area contributed by atoms with Crippen molar-refractivity contribution in [1.29, 1.82) is 0 Å². The van der Waals surface area contributed by atoms with Crippen molar-refractivity contribution in [2.75, 3.05) is 13.7 Å². The molecule has 0 bridgehead atoms. The molecule has 0 spiro atoms. The molecule has 114 valence electrons. The number of carboxylic acid groups (broad SMARTS) is 1. The zero-order valence-corrected chi connectivity index (χ0v) is 12.4. The summed E-state index contributed by atoms with van der Waals surface area (Å²) in [7, 11) is 1.64. The molecule has 0 aliphatic heterocycles. The van der Waals surface area contributed by atoms with Gasteiger partial charge in [-0.15, -0.1) is 0 Å². The molecule has 1 saturated carbocycles. The molecule has 1 fully saturated rings. The van der Waals surface area contributed by atoms with Crippen molar-refractivity contribution in [2.24, 2.45) is 11.8 Å². The largest absolute Gasteiger partial charge is 0.496 e. The summed E-state index contributed by atoms with van der Waals surface area (Å²) in [6.45, 7) is 2.49. The third-order valence-corrected chi connectivity index (χ3v) is 4.11. The van der Waals surface area contributed by atoms with E-state index in [1.54, 1.807) is 7.11 Å². The van der Waals surface area contributed by atoms with E-state index in [1.807, 2.05) is 25.1 Å². The Balaban J connectivity index is 1.82. The molecule has 21 heavy (non-hydrogen) atoms. The number of hydrogen-bond donors (Lipinski definition) is 2. The van der Waals surface area contributed by atoms with Crippen molar-refractivity contribution in [2.45, 2.75) is 26.2 Å². The maximum atomic E-state index is 11.9. The smallest absolute Gasteiger partial charge is 0.307 e. The molecule has 2 atom stereocenters. The zero-order chi connectivity index (χ0) is 15.4. The first kappa shape index (κ1) is 15.4. The van der Waals surface area contributed by atoms with Gasteiger partial charge in [-0.3, -0.25) is 9.59 Å². The Labute approximate surface area is 124 Å². The zero-order valence-electron chi connectivity index (χ0n) is 12.4. The highest BCUT2D eigenvalue weighted by Crippen LogP contribution is 2.34. The molecule has 5 heteroatoms. The highest BCUT2D eigenvalue weighted by Gasteiger charge is 2.41. The summed E-state index contributed by atoms with van der Waals surface area (Å²) in [6.07, 6.45) is 1.97. The maximum absolute atomic E-state index is 11.9. The summed E-state index contributed by atoms with van der Waals surface area (Å²) in [5.41, 5.74) is 2.16. The Morgan fingerprint density at radius 2 is 2.05 bits per heavy atom. The van der Waals surface area contributed by atoms with Crippen LogP contribution in [0.5, 0.6) is 5.75 Å². The first-order valence-corrected chi connectivity index (χ1v) is 7.17. The molecule has 1 amide bonds. The number of ether oxygens (including phenoxy) is 1. The fourth-order valence-corrected chi connectivity index (χ4v) is 2.59. The van der Waals surface area contributed by atoms with Crippen LogP contribution in [0.25, 0.3) is 0 Å². The van der Waals surface area contributed by atoms with E-state index >= 15 is 0 Å². The lowest BCUT2D eigenvalue weighted by atomic mass is 9.73. The molecule has 2 unspecified atom stereocenters. The minimum absolute atomic E-state index is 0.146. The number of aryl methyl sites for hydroxylation is 1. The number of aliphatic carboxylic acids is 1. The second-order valence-electron chi connectivity index (χ2n) is 5.47. The van der Waals surface area contributed by atoms with E-state index in [1.165, 1.54) is 0 Å². The molecule has 0 aromatic heterocycles. The molecule has 0 heterocycles. The third kappa shape index (κ3) is 3.54. The number of benzene rings is 1. The first-order valence-electron chi connectivity index (χ1n) is 7.17.